The van der Waals surface area contributed by atoms with Gasteiger partial charge in [-0.2, -0.15) is 0 Å². The van der Waals surface area contributed by atoms with Crippen LogP contribution < -0.4 is 5.32 Å². The number of nitrogens with one attached hydrogen (secondary N) is 1. The van der Waals surface area contributed by atoms with Crippen molar-refractivity contribution in [3.63, 3.8) is 0 Å². The van der Waals surface area contributed by atoms with E-state index in [2.05, 4.69) is 72.4 Å². The van der Waals surface area contributed by atoms with E-state index in [-0.39, 0.29) is 11.3 Å². The predicted octanol–water partition coefficient (Wildman–Crippen LogP) is 5.20. The number of hydrogen-bond acceptors (Lipinski definition) is 3. The highest BCUT2D eigenvalue weighted by atomic mass is 16.2. The minimum absolute atomic E-state index is 0.0161. The third kappa shape index (κ3) is 6.30. The van der Waals surface area contributed by atoms with Crippen LogP contribution in [-0.2, 0) is 6.42 Å². The number of carbonyl (C=O) groups is 1. The van der Waals surface area contributed by atoms with E-state index in [1.54, 1.807) is 12.5 Å². The fourth-order valence-electron chi connectivity index (χ4n) is 4.05. The van der Waals surface area contributed by atoms with Crippen LogP contribution in [0.25, 0.3) is 16.8 Å². The molecule has 0 saturated heterocycles. The Morgan fingerprint density at radius 3 is 2.25 bits per heavy atom. The Hall–Kier alpha value is -2.92. The zero-order valence-corrected chi connectivity index (χ0v) is 20.1. The first kappa shape index (κ1) is 23.7. The highest BCUT2D eigenvalue weighted by molar-refractivity contribution is 5.93. The molecule has 0 radical (unpaired) electrons. The predicted molar refractivity (Wildman–Crippen MR) is 132 cm³/mol. The van der Waals surface area contributed by atoms with Crippen molar-refractivity contribution < 1.29 is 4.79 Å². The summed E-state index contributed by atoms with van der Waals surface area (Å²) in [6.07, 6.45) is 6.88. The lowest BCUT2D eigenvalue weighted by Crippen LogP contribution is -2.40. The van der Waals surface area contributed by atoms with E-state index >= 15 is 0 Å². The Morgan fingerprint density at radius 2 is 1.66 bits per heavy atom. The van der Waals surface area contributed by atoms with Crippen LogP contribution in [0.2, 0.25) is 0 Å². The number of benzene rings is 2. The van der Waals surface area contributed by atoms with Crippen LogP contribution >= 0.6 is 0 Å². The molecule has 32 heavy (non-hydrogen) atoms. The number of aryl methyl sites for hydroxylation is 1. The maximum absolute atomic E-state index is 12.8. The van der Waals surface area contributed by atoms with Gasteiger partial charge < -0.3 is 10.2 Å². The summed E-state index contributed by atoms with van der Waals surface area (Å²) in [5.41, 5.74) is 5.19. The second kappa shape index (κ2) is 10.6. The maximum Gasteiger partial charge on any atom is 0.269 e. The first-order valence-electron chi connectivity index (χ1n) is 11.4. The number of imidazole rings is 1. The summed E-state index contributed by atoms with van der Waals surface area (Å²) in [7, 11) is 4.09. The van der Waals surface area contributed by atoms with Crippen molar-refractivity contribution in [1.29, 1.82) is 0 Å². The van der Waals surface area contributed by atoms with Crippen LogP contribution in [0.4, 0.5) is 0 Å². The number of carbonyl (C=O) groups excluding carboxylic acids is 1. The first-order chi connectivity index (χ1) is 15.3. The highest BCUT2D eigenvalue weighted by Gasteiger charge is 2.21. The molecular formula is C27H36N4O. The van der Waals surface area contributed by atoms with Gasteiger partial charge in [-0.05, 0) is 61.2 Å². The Kier molecular flexibility index (Phi) is 7.86. The van der Waals surface area contributed by atoms with Crippen molar-refractivity contribution in [2.75, 3.05) is 27.2 Å². The summed E-state index contributed by atoms with van der Waals surface area (Å²) in [6, 6.07) is 17.1. The normalized spacial score (nSPS) is 11.7. The van der Waals surface area contributed by atoms with Gasteiger partial charge in [-0.3, -0.25) is 9.36 Å². The molecule has 1 N–H and O–H groups in total. The van der Waals surface area contributed by atoms with Crippen LogP contribution in [0.3, 0.4) is 0 Å². The van der Waals surface area contributed by atoms with Crippen molar-refractivity contribution in [2.45, 2.75) is 40.0 Å². The lowest BCUT2D eigenvalue weighted by molar-refractivity contribution is 0.0922. The van der Waals surface area contributed by atoms with Gasteiger partial charge in [-0.1, -0.05) is 63.6 Å². The summed E-state index contributed by atoms with van der Waals surface area (Å²) in [4.78, 5) is 19.2. The molecule has 3 aromatic rings. The van der Waals surface area contributed by atoms with Crippen LogP contribution in [0.5, 0.6) is 0 Å². The molecule has 0 spiro atoms. The molecule has 3 rings (SSSR count). The third-order valence-corrected chi connectivity index (χ3v) is 5.59. The maximum atomic E-state index is 12.8. The van der Waals surface area contributed by atoms with Crippen molar-refractivity contribution in [3.8, 4) is 16.8 Å². The summed E-state index contributed by atoms with van der Waals surface area (Å²) in [6.45, 7) is 8.02. The molecule has 0 unspecified atom stereocenters. The van der Waals surface area contributed by atoms with Crippen LogP contribution in [0.15, 0.2) is 61.1 Å². The lowest BCUT2D eigenvalue weighted by Gasteiger charge is -2.28. The standard InChI is InChI=1S/C27H36N4O/c1-6-7-8-21-9-11-22(12-10-21)23-13-15-24(16-14-23)31-20-28-17-25(31)26(32)29-18-27(2,3)19-30(4)5/h9-17,20H,6-8,18-19H2,1-5H3,(H,29,32). The van der Waals surface area contributed by atoms with Gasteiger partial charge in [0.05, 0.1) is 12.5 Å². The van der Waals surface area contributed by atoms with Crippen LogP contribution in [0.1, 0.15) is 49.7 Å². The molecule has 0 aliphatic rings. The largest absolute Gasteiger partial charge is 0.350 e. The van der Waals surface area contributed by atoms with E-state index in [0.717, 1.165) is 24.2 Å². The van der Waals surface area contributed by atoms with Crippen molar-refractivity contribution in [3.05, 3.63) is 72.3 Å². The summed E-state index contributed by atoms with van der Waals surface area (Å²) < 4.78 is 1.84. The average Bonchev–Trinajstić information content (AvgIpc) is 3.26. The molecule has 1 amide bonds. The molecule has 0 aliphatic carbocycles. The van der Waals surface area contributed by atoms with Gasteiger partial charge in [0.15, 0.2) is 0 Å². The van der Waals surface area contributed by atoms with E-state index in [4.69, 9.17) is 0 Å². The van der Waals surface area contributed by atoms with Gasteiger partial charge in [0.2, 0.25) is 0 Å². The van der Waals surface area contributed by atoms with Crippen LogP contribution in [-0.4, -0.2) is 47.5 Å². The topological polar surface area (TPSA) is 50.2 Å². The number of amides is 1. The SMILES string of the molecule is CCCCc1ccc(-c2ccc(-n3cncc3C(=O)NCC(C)(C)CN(C)C)cc2)cc1. The average molecular weight is 433 g/mol. The number of nitrogens with zero attached hydrogens (tertiary/aromatic N) is 3. The van der Waals surface area contributed by atoms with Gasteiger partial charge in [-0.25, -0.2) is 4.98 Å². The monoisotopic (exact) mass is 432 g/mol. The zero-order valence-electron chi connectivity index (χ0n) is 20.1. The second-order valence-corrected chi connectivity index (χ2v) is 9.58. The molecule has 0 atom stereocenters. The third-order valence-electron chi connectivity index (χ3n) is 5.59. The molecular weight excluding hydrogens is 396 g/mol. The van der Waals surface area contributed by atoms with Gasteiger partial charge in [0, 0.05) is 18.8 Å². The fraction of sp³-hybridized carbons (Fsp3) is 0.407. The zero-order chi connectivity index (χ0) is 23.1. The highest BCUT2D eigenvalue weighted by Crippen LogP contribution is 2.23. The minimum atomic E-state index is -0.110. The van der Waals surface area contributed by atoms with E-state index in [0.29, 0.717) is 12.2 Å². The van der Waals surface area contributed by atoms with Crippen molar-refractivity contribution >= 4 is 5.91 Å². The fourth-order valence-corrected chi connectivity index (χ4v) is 4.05. The molecule has 0 saturated carbocycles. The molecule has 0 bridgehead atoms. The van der Waals surface area contributed by atoms with Gasteiger partial charge >= 0.3 is 0 Å². The molecule has 2 aromatic carbocycles. The van der Waals surface area contributed by atoms with Crippen LogP contribution in [0, 0.1) is 5.41 Å². The summed E-state index contributed by atoms with van der Waals surface area (Å²) in [5, 5.41) is 3.07. The van der Waals surface area contributed by atoms with E-state index < -0.39 is 0 Å². The second-order valence-electron chi connectivity index (χ2n) is 9.58. The summed E-state index contributed by atoms with van der Waals surface area (Å²) in [5.74, 6) is -0.110. The van der Waals surface area contributed by atoms with Gasteiger partial charge in [0.1, 0.15) is 5.69 Å². The first-order valence-corrected chi connectivity index (χ1v) is 11.4. The number of rotatable bonds is 10. The quantitative estimate of drug-likeness (QED) is 0.479. The Labute approximate surface area is 192 Å². The molecule has 5 heteroatoms. The van der Waals surface area contributed by atoms with E-state index in [9.17, 15) is 4.79 Å². The number of aromatic nitrogens is 2. The lowest BCUT2D eigenvalue weighted by atomic mass is 9.93. The van der Waals surface area contributed by atoms with Gasteiger partial charge in [-0.15, -0.1) is 0 Å². The Bertz CT molecular complexity index is 1000. The number of unbranched alkanes of at least 4 members (excludes halogenated alkanes) is 1. The minimum Gasteiger partial charge on any atom is -0.350 e. The Morgan fingerprint density at radius 1 is 1.03 bits per heavy atom. The van der Waals surface area contributed by atoms with E-state index in [1.165, 1.54) is 24.0 Å². The Balaban J connectivity index is 1.70. The molecule has 0 fully saturated rings. The van der Waals surface area contributed by atoms with Gasteiger partial charge in [0.25, 0.3) is 5.91 Å². The smallest absolute Gasteiger partial charge is 0.269 e. The molecule has 5 nitrogen and oxygen atoms in total. The molecule has 170 valence electrons. The molecule has 0 aliphatic heterocycles. The summed E-state index contributed by atoms with van der Waals surface area (Å²) >= 11 is 0. The molecule has 1 heterocycles. The van der Waals surface area contributed by atoms with E-state index in [1.807, 2.05) is 30.8 Å². The number of hydrogen-bond donors (Lipinski definition) is 1. The molecule has 1 aromatic heterocycles. The van der Waals surface area contributed by atoms with Crippen molar-refractivity contribution in [2.24, 2.45) is 5.41 Å². The van der Waals surface area contributed by atoms with Crippen molar-refractivity contribution in [1.82, 2.24) is 19.8 Å².